The van der Waals surface area contributed by atoms with Gasteiger partial charge in [0.2, 0.25) is 0 Å². The third kappa shape index (κ3) is 4.00. The molecular weight excluding hydrogens is 404 g/mol. The van der Waals surface area contributed by atoms with Crippen LogP contribution in [-0.2, 0) is 4.74 Å². The van der Waals surface area contributed by atoms with Crippen LogP contribution in [0.15, 0.2) is 36.4 Å². The first kappa shape index (κ1) is 20.3. The zero-order chi connectivity index (χ0) is 21.1. The summed E-state index contributed by atoms with van der Waals surface area (Å²) in [6.07, 6.45) is -0.173. The monoisotopic (exact) mass is 428 g/mol. The van der Waals surface area contributed by atoms with E-state index in [2.05, 4.69) is 9.88 Å². The summed E-state index contributed by atoms with van der Waals surface area (Å²) in [6.45, 7) is 6.04. The average Bonchev–Trinajstić information content (AvgIpc) is 3.15. The van der Waals surface area contributed by atoms with Gasteiger partial charge in [0.1, 0.15) is 17.4 Å². The van der Waals surface area contributed by atoms with Gasteiger partial charge in [-0.25, -0.2) is 9.78 Å². The summed E-state index contributed by atoms with van der Waals surface area (Å²) in [6, 6.07) is 11.0. The SMILES string of the molecule is CCOc1ccc(C(=O)OC2CN(c3nc4c(OC)cccc4s3)C2)cc1OCC. The first-order valence-corrected chi connectivity index (χ1v) is 10.7. The smallest absolute Gasteiger partial charge is 0.338 e. The molecule has 0 amide bonds. The van der Waals surface area contributed by atoms with Crippen molar-refractivity contribution in [2.75, 3.05) is 38.3 Å². The van der Waals surface area contributed by atoms with Crippen molar-refractivity contribution in [2.45, 2.75) is 20.0 Å². The summed E-state index contributed by atoms with van der Waals surface area (Å²) in [5.41, 5.74) is 1.31. The van der Waals surface area contributed by atoms with E-state index in [9.17, 15) is 4.79 Å². The number of nitrogens with zero attached hydrogens (tertiary/aromatic N) is 2. The number of para-hydroxylation sites is 1. The van der Waals surface area contributed by atoms with Crippen LogP contribution >= 0.6 is 11.3 Å². The highest BCUT2D eigenvalue weighted by Gasteiger charge is 2.32. The van der Waals surface area contributed by atoms with Gasteiger partial charge in [-0.3, -0.25) is 0 Å². The molecule has 0 atom stereocenters. The molecule has 30 heavy (non-hydrogen) atoms. The van der Waals surface area contributed by atoms with Crippen molar-refractivity contribution < 1.29 is 23.7 Å². The topological polar surface area (TPSA) is 70.1 Å². The zero-order valence-electron chi connectivity index (χ0n) is 17.2. The van der Waals surface area contributed by atoms with Gasteiger partial charge in [0, 0.05) is 0 Å². The highest BCUT2D eigenvalue weighted by molar-refractivity contribution is 7.22. The fourth-order valence-corrected chi connectivity index (χ4v) is 4.28. The number of carbonyl (C=O) groups excluding carboxylic acids is 1. The molecule has 0 unspecified atom stereocenters. The van der Waals surface area contributed by atoms with E-state index in [1.54, 1.807) is 36.6 Å². The summed E-state index contributed by atoms with van der Waals surface area (Å²) >= 11 is 1.61. The standard InChI is InChI=1S/C22H24N2O5S/c1-4-27-16-10-9-14(11-18(16)28-5-2)21(25)29-15-12-24(13-15)22-23-20-17(26-3)7-6-8-19(20)30-22/h6-11,15H,4-5,12-13H2,1-3H3. The van der Waals surface area contributed by atoms with Gasteiger partial charge in [-0.2, -0.15) is 0 Å². The molecule has 1 aromatic heterocycles. The zero-order valence-corrected chi connectivity index (χ0v) is 18.0. The van der Waals surface area contributed by atoms with Crippen molar-refractivity contribution in [3.8, 4) is 17.2 Å². The van der Waals surface area contributed by atoms with E-state index in [0.29, 0.717) is 43.4 Å². The van der Waals surface area contributed by atoms with E-state index in [-0.39, 0.29) is 12.1 Å². The highest BCUT2D eigenvalue weighted by atomic mass is 32.1. The number of thiazole rings is 1. The molecule has 0 N–H and O–H groups in total. The molecule has 158 valence electrons. The number of anilines is 1. The second-order valence-corrected chi connectivity index (χ2v) is 7.77. The number of ether oxygens (including phenoxy) is 4. The minimum Gasteiger partial charge on any atom is -0.494 e. The number of benzene rings is 2. The van der Waals surface area contributed by atoms with Crippen LogP contribution in [0.4, 0.5) is 5.13 Å². The molecule has 1 aliphatic heterocycles. The van der Waals surface area contributed by atoms with Crippen LogP contribution in [0.1, 0.15) is 24.2 Å². The van der Waals surface area contributed by atoms with E-state index < -0.39 is 0 Å². The third-order valence-electron chi connectivity index (χ3n) is 4.76. The lowest BCUT2D eigenvalue weighted by Crippen LogP contribution is -2.53. The van der Waals surface area contributed by atoms with Crippen molar-refractivity contribution in [1.82, 2.24) is 4.98 Å². The van der Waals surface area contributed by atoms with Crippen LogP contribution in [0.5, 0.6) is 17.2 Å². The normalized spacial score (nSPS) is 13.8. The highest BCUT2D eigenvalue weighted by Crippen LogP contribution is 2.36. The van der Waals surface area contributed by atoms with Crippen LogP contribution in [0.3, 0.4) is 0 Å². The number of methoxy groups -OCH3 is 1. The first-order valence-electron chi connectivity index (χ1n) is 9.92. The molecule has 0 saturated carbocycles. The molecule has 4 rings (SSSR count). The molecule has 1 fully saturated rings. The lowest BCUT2D eigenvalue weighted by atomic mass is 10.1. The third-order valence-corrected chi connectivity index (χ3v) is 5.84. The fourth-order valence-electron chi connectivity index (χ4n) is 3.28. The predicted molar refractivity (Wildman–Crippen MR) is 116 cm³/mol. The van der Waals surface area contributed by atoms with Gasteiger partial charge in [0.15, 0.2) is 16.6 Å². The summed E-state index contributed by atoms with van der Waals surface area (Å²) in [7, 11) is 1.64. The maximum absolute atomic E-state index is 12.6. The molecular formula is C22H24N2O5S. The molecule has 3 aromatic rings. The Morgan fingerprint density at radius 3 is 2.60 bits per heavy atom. The van der Waals surface area contributed by atoms with Crippen LogP contribution in [0.25, 0.3) is 10.2 Å². The number of carbonyl (C=O) groups is 1. The van der Waals surface area contributed by atoms with Crippen LogP contribution in [0, 0.1) is 0 Å². The molecule has 0 bridgehead atoms. The van der Waals surface area contributed by atoms with Crippen molar-refractivity contribution in [3.05, 3.63) is 42.0 Å². The largest absolute Gasteiger partial charge is 0.494 e. The van der Waals surface area contributed by atoms with Gasteiger partial charge in [-0.15, -0.1) is 0 Å². The Bertz CT molecular complexity index is 1050. The van der Waals surface area contributed by atoms with Gasteiger partial charge in [-0.05, 0) is 44.2 Å². The van der Waals surface area contributed by atoms with Gasteiger partial charge in [-0.1, -0.05) is 17.4 Å². The summed E-state index contributed by atoms with van der Waals surface area (Å²) in [4.78, 5) is 19.4. The summed E-state index contributed by atoms with van der Waals surface area (Å²) < 4.78 is 23.2. The molecule has 1 saturated heterocycles. The number of hydrogen-bond acceptors (Lipinski definition) is 8. The fraction of sp³-hybridized carbons (Fsp3) is 0.364. The average molecular weight is 429 g/mol. The molecule has 7 nitrogen and oxygen atoms in total. The predicted octanol–water partition coefficient (Wildman–Crippen LogP) is 4.15. The minimum atomic E-state index is -0.366. The molecule has 0 spiro atoms. The molecule has 0 aliphatic carbocycles. The lowest BCUT2D eigenvalue weighted by Gasteiger charge is -2.38. The second-order valence-electron chi connectivity index (χ2n) is 6.76. The Morgan fingerprint density at radius 1 is 1.10 bits per heavy atom. The van der Waals surface area contributed by atoms with Crippen LogP contribution < -0.4 is 19.1 Å². The van der Waals surface area contributed by atoms with Crippen molar-refractivity contribution in [2.24, 2.45) is 0 Å². The molecule has 1 aliphatic rings. The number of aromatic nitrogens is 1. The molecule has 2 heterocycles. The maximum atomic E-state index is 12.6. The number of rotatable bonds is 8. The second kappa shape index (κ2) is 8.79. The summed E-state index contributed by atoms with van der Waals surface area (Å²) in [5, 5.41) is 0.904. The Labute approximate surface area is 179 Å². The van der Waals surface area contributed by atoms with Gasteiger partial charge >= 0.3 is 5.97 Å². The Kier molecular flexibility index (Phi) is 5.94. The quantitative estimate of drug-likeness (QED) is 0.499. The van der Waals surface area contributed by atoms with Gasteiger partial charge < -0.3 is 23.8 Å². The molecule has 2 aromatic carbocycles. The van der Waals surface area contributed by atoms with E-state index in [0.717, 1.165) is 21.1 Å². The Balaban J connectivity index is 1.39. The van der Waals surface area contributed by atoms with E-state index in [1.165, 1.54) is 0 Å². The van der Waals surface area contributed by atoms with Crippen LogP contribution in [0.2, 0.25) is 0 Å². The van der Waals surface area contributed by atoms with Gasteiger partial charge in [0.25, 0.3) is 0 Å². The maximum Gasteiger partial charge on any atom is 0.338 e. The lowest BCUT2D eigenvalue weighted by molar-refractivity contribution is 0.0234. The van der Waals surface area contributed by atoms with Crippen molar-refractivity contribution in [1.29, 1.82) is 0 Å². The number of hydrogen-bond donors (Lipinski definition) is 0. The van der Waals surface area contributed by atoms with E-state index in [4.69, 9.17) is 18.9 Å². The minimum absolute atomic E-state index is 0.173. The van der Waals surface area contributed by atoms with E-state index in [1.807, 2.05) is 32.0 Å². The van der Waals surface area contributed by atoms with Crippen molar-refractivity contribution >= 4 is 32.7 Å². The van der Waals surface area contributed by atoms with Crippen LogP contribution in [-0.4, -0.2) is 50.5 Å². The Hall–Kier alpha value is -3.00. The molecule has 8 heteroatoms. The number of fused-ring (bicyclic) bond motifs is 1. The first-order chi connectivity index (χ1) is 14.6. The molecule has 0 radical (unpaired) electrons. The van der Waals surface area contributed by atoms with E-state index >= 15 is 0 Å². The van der Waals surface area contributed by atoms with Gasteiger partial charge in [0.05, 0.1) is 43.7 Å². The number of esters is 1. The summed E-state index contributed by atoms with van der Waals surface area (Å²) in [5.74, 6) is 1.57. The Morgan fingerprint density at radius 2 is 1.87 bits per heavy atom. The van der Waals surface area contributed by atoms with Crippen molar-refractivity contribution in [3.63, 3.8) is 0 Å².